The minimum absolute atomic E-state index is 0.183. The molecule has 5 nitrogen and oxygen atoms in total. The number of rotatable bonds is 8. The second-order valence-corrected chi connectivity index (χ2v) is 4.64. The second-order valence-electron chi connectivity index (χ2n) is 4.64. The van der Waals surface area contributed by atoms with Gasteiger partial charge in [-0.15, -0.1) is 0 Å². The molecule has 0 radical (unpaired) electrons. The van der Waals surface area contributed by atoms with Crippen molar-refractivity contribution in [1.82, 2.24) is 5.32 Å². The van der Waals surface area contributed by atoms with Crippen LogP contribution in [-0.4, -0.2) is 30.9 Å². The van der Waals surface area contributed by atoms with Gasteiger partial charge in [-0.3, -0.25) is 0 Å². The summed E-state index contributed by atoms with van der Waals surface area (Å²) in [7, 11) is 0. The lowest BCUT2D eigenvalue weighted by Gasteiger charge is -2.13. The van der Waals surface area contributed by atoms with Gasteiger partial charge in [0.05, 0.1) is 17.9 Å². The summed E-state index contributed by atoms with van der Waals surface area (Å²) in [5, 5.41) is 21.7. The third-order valence-corrected chi connectivity index (χ3v) is 2.91. The van der Waals surface area contributed by atoms with Gasteiger partial charge in [-0.05, 0) is 30.3 Å². The highest BCUT2D eigenvalue weighted by Gasteiger charge is 2.05. The van der Waals surface area contributed by atoms with Crippen LogP contribution in [0, 0.1) is 11.3 Å². The Labute approximate surface area is 123 Å². The third-order valence-electron chi connectivity index (χ3n) is 2.91. The number of benzene rings is 1. The maximum absolute atomic E-state index is 9.82. The van der Waals surface area contributed by atoms with Gasteiger partial charge in [0.15, 0.2) is 0 Å². The Bertz CT molecular complexity index is 575. The highest BCUT2D eigenvalue weighted by molar-refractivity contribution is 5.36. The molecule has 0 saturated carbocycles. The van der Waals surface area contributed by atoms with Crippen molar-refractivity contribution in [1.29, 1.82) is 5.26 Å². The number of hydrogen-bond donors (Lipinski definition) is 2. The Balaban J connectivity index is 1.63. The number of nitrogens with zero attached hydrogens (tertiary/aromatic N) is 1. The summed E-state index contributed by atoms with van der Waals surface area (Å²) in [5.74, 6) is 1.50. The lowest BCUT2D eigenvalue weighted by Crippen LogP contribution is -2.32. The van der Waals surface area contributed by atoms with Crippen molar-refractivity contribution in [3.8, 4) is 11.8 Å². The monoisotopic (exact) mass is 286 g/mol. The van der Waals surface area contributed by atoms with Crippen LogP contribution in [0.1, 0.15) is 11.3 Å². The SMILES string of the molecule is N#Cc1cccc(OCC(O)CNCCc2ccco2)c1. The molecule has 0 aliphatic heterocycles. The molecule has 0 amide bonds. The van der Waals surface area contributed by atoms with Crippen LogP contribution in [0.2, 0.25) is 0 Å². The van der Waals surface area contributed by atoms with E-state index in [1.807, 2.05) is 18.2 Å². The summed E-state index contributed by atoms with van der Waals surface area (Å²) < 4.78 is 10.7. The van der Waals surface area contributed by atoms with Gasteiger partial charge in [-0.25, -0.2) is 0 Å². The van der Waals surface area contributed by atoms with Crippen LogP contribution in [0.5, 0.6) is 5.75 Å². The lowest BCUT2D eigenvalue weighted by atomic mass is 10.2. The summed E-state index contributed by atoms with van der Waals surface area (Å²) >= 11 is 0. The quantitative estimate of drug-likeness (QED) is 0.722. The van der Waals surface area contributed by atoms with Crippen molar-refractivity contribution in [3.05, 3.63) is 54.0 Å². The van der Waals surface area contributed by atoms with E-state index in [0.29, 0.717) is 17.9 Å². The zero-order chi connectivity index (χ0) is 14.9. The minimum Gasteiger partial charge on any atom is -0.491 e. The molecule has 0 aliphatic rings. The Morgan fingerprint density at radius 1 is 1.33 bits per heavy atom. The number of aliphatic hydroxyl groups is 1. The average Bonchev–Trinajstić information content (AvgIpc) is 3.03. The number of aliphatic hydroxyl groups excluding tert-OH is 1. The van der Waals surface area contributed by atoms with Crippen molar-refractivity contribution in [3.63, 3.8) is 0 Å². The maximum Gasteiger partial charge on any atom is 0.120 e. The van der Waals surface area contributed by atoms with Crippen LogP contribution in [0.15, 0.2) is 47.1 Å². The first kappa shape index (κ1) is 15.1. The number of ether oxygens (including phenoxy) is 1. The molecule has 110 valence electrons. The van der Waals surface area contributed by atoms with Crippen LogP contribution in [0.25, 0.3) is 0 Å². The van der Waals surface area contributed by atoms with Gasteiger partial charge in [-0.2, -0.15) is 5.26 Å². The van der Waals surface area contributed by atoms with E-state index in [4.69, 9.17) is 14.4 Å². The zero-order valence-corrected chi connectivity index (χ0v) is 11.7. The molecule has 2 aromatic rings. The van der Waals surface area contributed by atoms with Gasteiger partial charge in [0, 0.05) is 19.5 Å². The van der Waals surface area contributed by atoms with E-state index < -0.39 is 6.10 Å². The van der Waals surface area contributed by atoms with E-state index in [-0.39, 0.29) is 6.61 Å². The van der Waals surface area contributed by atoms with E-state index in [9.17, 15) is 5.11 Å². The first-order valence-corrected chi connectivity index (χ1v) is 6.82. The molecule has 1 unspecified atom stereocenters. The molecular formula is C16H18N2O3. The van der Waals surface area contributed by atoms with Gasteiger partial charge in [-0.1, -0.05) is 6.07 Å². The molecule has 0 spiro atoms. The molecule has 0 fully saturated rings. The lowest BCUT2D eigenvalue weighted by molar-refractivity contribution is 0.106. The molecule has 2 N–H and O–H groups in total. The molecule has 1 atom stereocenters. The first-order chi connectivity index (χ1) is 10.3. The molecular weight excluding hydrogens is 268 g/mol. The van der Waals surface area contributed by atoms with Crippen molar-refractivity contribution in [2.24, 2.45) is 0 Å². The van der Waals surface area contributed by atoms with Crippen molar-refractivity contribution in [2.45, 2.75) is 12.5 Å². The summed E-state index contributed by atoms with van der Waals surface area (Å²) in [4.78, 5) is 0. The molecule has 1 aromatic carbocycles. The molecule has 21 heavy (non-hydrogen) atoms. The van der Waals surface area contributed by atoms with E-state index in [2.05, 4.69) is 5.32 Å². The van der Waals surface area contributed by atoms with E-state index in [0.717, 1.165) is 18.7 Å². The third kappa shape index (κ3) is 5.30. The van der Waals surface area contributed by atoms with Crippen molar-refractivity contribution >= 4 is 0 Å². The maximum atomic E-state index is 9.82. The fourth-order valence-electron chi connectivity index (χ4n) is 1.84. The minimum atomic E-state index is -0.604. The predicted octanol–water partition coefficient (Wildman–Crippen LogP) is 1.72. The molecule has 2 rings (SSSR count). The highest BCUT2D eigenvalue weighted by atomic mass is 16.5. The summed E-state index contributed by atoms with van der Waals surface area (Å²) in [6, 6.07) is 12.7. The fraction of sp³-hybridized carbons (Fsp3) is 0.312. The van der Waals surface area contributed by atoms with Crippen LogP contribution < -0.4 is 10.1 Å². The van der Waals surface area contributed by atoms with Gasteiger partial charge in [0.1, 0.15) is 24.2 Å². The molecule has 0 bridgehead atoms. The Hall–Kier alpha value is -2.29. The summed E-state index contributed by atoms with van der Waals surface area (Å²) in [6.07, 6.45) is 1.82. The predicted molar refractivity (Wildman–Crippen MR) is 77.9 cm³/mol. The summed E-state index contributed by atoms with van der Waals surface area (Å²) in [6.45, 7) is 1.36. The molecule has 0 aliphatic carbocycles. The average molecular weight is 286 g/mol. The highest BCUT2D eigenvalue weighted by Crippen LogP contribution is 2.12. The van der Waals surface area contributed by atoms with Crippen LogP contribution in [0.4, 0.5) is 0 Å². The van der Waals surface area contributed by atoms with E-state index in [1.54, 1.807) is 30.5 Å². The molecule has 1 heterocycles. The van der Waals surface area contributed by atoms with Gasteiger partial charge >= 0.3 is 0 Å². The fourth-order valence-corrected chi connectivity index (χ4v) is 1.84. The molecule has 5 heteroatoms. The van der Waals surface area contributed by atoms with E-state index in [1.165, 1.54) is 0 Å². The number of furan rings is 1. The Morgan fingerprint density at radius 3 is 3.00 bits per heavy atom. The summed E-state index contributed by atoms with van der Waals surface area (Å²) in [5.41, 5.74) is 0.540. The first-order valence-electron chi connectivity index (χ1n) is 6.82. The molecule has 0 saturated heterocycles. The Morgan fingerprint density at radius 2 is 2.24 bits per heavy atom. The standard InChI is InChI=1S/C16H18N2O3/c17-10-13-3-1-4-16(9-13)21-12-14(19)11-18-7-6-15-5-2-8-20-15/h1-5,8-9,14,18-19H,6-7,11-12H2. The second kappa shape index (κ2) is 8.10. The zero-order valence-electron chi connectivity index (χ0n) is 11.7. The van der Waals surface area contributed by atoms with Gasteiger partial charge < -0.3 is 19.6 Å². The largest absolute Gasteiger partial charge is 0.491 e. The van der Waals surface area contributed by atoms with Gasteiger partial charge in [0.25, 0.3) is 0 Å². The van der Waals surface area contributed by atoms with Crippen molar-refractivity contribution < 1.29 is 14.3 Å². The van der Waals surface area contributed by atoms with Crippen LogP contribution >= 0.6 is 0 Å². The number of nitrogens with one attached hydrogen (secondary N) is 1. The van der Waals surface area contributed by atoms with E-state index >= 15 is 0 Å². The topological polar surface area (TPSA) is 78.4 Å². The normalized spacial score (nSPS) is 11.8. The van der Waals surface area contributed by atoms with Crippen LogP contribution in [-0.2, 0) is 6.42 Å². The molecule has 1 aromatic heterocycles. The van der Waals surface area contributed by atoms with Gasteiger partial charge in [0.2, 0.25) is 0 Å². The van der Waals surface area contributed by atoms with Crippen LogP contribution in [0.3, 0.4) is 0 Å². The smallest absolute Gasteiger partial charge is 0.120 e. The number of hydrogen-bond acceptors (Lipinski definition) is 5. The Kier molecular flexibility index (Phi) is 5.83. The number of nitriles is 1. The van der Waals surface area contributed by atoms with Crippen molar-refractivity contribution in [2.75, 3.05) is 19.7 Å².